The van der Waals surface area contributed by atoms with Gasteiger partial charge in [-0.25, -0.2) is 19.8 Å². The third-order valence-corrected chi connectivity index (χ3v) is 6.31. The Bertz CT molecular complexity index is 1170. The van der Waals surface area contributed by atoms with Crippen molar-refractivity contribution in [1.29, 1.82) is 0 Å². The Morgan fingerprint density at radius 2 is 2.06 bits per heavy atom. The number of anilines is 2. The van der Waals surface area contributed by atoms with E-state index in [0.29, 0.717) is 11.8 Å². The molecular weight excluding hydrogens is 430 g/mol. The molecule has 10 nitrogen and oxygen atoms in total. The van der Waals surface area contributed by atoms with Crippen molar-refractivity contribution >= 4 is 35.1 Å². The van der Waals surface area contributed by atoms with Gasteiger partial charge in [0.05, 0.1) is 12.0 Å². The Morgan fingerprint density at radius 3 is 2.75 bits per heavy atom. The van der Waals surface area contributed by atoms with E-state index in [1.54, 1.807) is 19.4 Å². The largest absolute Gasteiger partial charge is 0.481 e. The number of nitrogens with two attached hydrogens (primary N) is 2. The van der Waals surface area contributed by atoms with Crippen molar-refractivity contribution in [3.63, 3.8) is 0 Å². The van der Waals surface area contributed by atoms with Crippen molar-refractivity contribution < 1.29 is 14.3 Å². The molecule has 1 amide bonds. The number of benzene rings is 1. The van der Waals surface area contributed by atoms with Gasteiger partial charge in [0.25, 0.3) is 6.02 Å². The van der Waals surface area contributed by atoms with Gasteiger partial charge in [0.2, 0.25) is 11.8 Å². The number of thiazole rings is 1. The lowest BCUT2D eigenvalue weighted by Gasteiger charge is -2.36. The Kier molecular flexibility index (Phi) is 5.91. The molecule has 0 saturated heterocycles. The molecule has 1 aliphatic rings. The number of carbonyl (C=O) groups is 1. The highest BCUT2D eigenvalue weighted by atomic mass is 32.1. The van der Waals surface area contributed by atoms with Gasteiger partial charge in [-0.2, -0.15) is 4.98 Å². The Balaban J connectivity index is 1.60. The number of rotatable bonds is 6. The number of hydrogen-bond acceptors (Lipinski definition) is 9. The summed E-state index contributed by atoms with van der Waals surface area (Å²) in [6.07, 6.45) is 5.00. The number of aliphatic imine (C=N–C) groups is 1. The molecule has 32 heavy (non-hydrogen) atoms. The molecule has 0 unspecified atom stereocenters. The fourth-order valence-electron chi connectivity index (χ4n) is 3.49. The number of amidine groups is 1. The molecule has 0 spiro atoms. The maximum absolute atomic E-state index is 11.0. The van der Waals surface area contributed by atoms with E-state index in [9.17, 15) is 4.79 Å². The van der Waals surface area contributed by atoms with Gasteiger partial charge < -0.3 is 26.3 Å². The Morgan fingerprint density at radius 1 is 1.25 bits per heavy atom. The normalized spacial score (nSPS) is 15.0. The number of ether oxygens (including phenoxy) is 2. The molecule has 11 heteroatoms. The van der Waals surface area contributed by atoms with Crippen molar-refractivity contribution in [2.45, 2.75) is 31.7 Å². The Labute approximate surface area is 188 Å². The molecule has 5 N–H and O–H groups in total. The minimum Gasteiger partial charge on any atom is -0.481 e. The first-order valence-corrected chi connectivity index (χ1v) is 10.7. The number of hydrogen-bond donors (Lipinski definition) is 3. The van der Waals surface area contributed by atoms with Crippen molar-refractivity contribution in [1.82, 2.24) is 15.0 Å². The van der Waals surface area contributed by atoms with Crippen LogP contribution in [-0.2, 0) is 10.3 Å². The van der Waals surface area contributed by atoms with Gasteiger partial charge in [-0.15, -0.1) is 11.3 Å². The van der Waals surface area contributed by atoms with Gasteiger partial charge >= 0.3 is 6.09 Å². The van der Waals surface area contributed by atoms with Crippen LogP contribution >= 0.6 is 11.3 Å². The number of aromatic nitrogens is 3. The lowest BCUT2D eigenvalue weighted by Crippen LogP contribution is -2.36. The van der Waals surface area contributed by atoms with Crippen LogP contribution in [0.25, 0.3) is 10.4 Å². The highest BCUT2D eigenvalue weighted by Crippen LogP contribution is 2.47. The summed E-state index contributed by atoms with van der Waals surface area (Å²) >= 11 is 1.53. The van der Waals surface area contributed by atoms with Crippen LogP contribution in [0, 0.1) is 6.92 Å². The first kappa shape index (κ1) is 21.5. The lowest BCUT2D eigenvalue weighted by atomic mass is 9.78. The number of nitrogens with one attached hydrogen (secondary N) is 1. The van der Waals surface area contributed by atoms with E-state index < -0.39 is 11.6 Å². The number of nitrogens with zero attached hydrogens (tertiary/aromatic N) is 4. The second-order valence-corrected chi connectivity index (χ2v) is 8.45. The van der Waals surface area contributed by atoms with Gasteiger partial charge in [-0.1, -0.05) is 6.07 Å². The molecule has 1 aliphatic carbocycles. The lowest BCUT2D eigenvalue weighted by molar-refractivity contribution is 0.202. The maximum Gasteiger partial charge on any atom is 0.412 e. The molecule has 1 fully saturated rings. The summed E-state index contributed by atoms with van der Waals surface area (Å²) in [5, 5.41) is 4.04. The fourth-order valence-corrected chi connectivity index (χ4v) is 4.58. The van der Waals surface area contributed by atoms with Gasteiger partial charge in [0.15, 0.2) is 0 Å². The molecule has 1 aromatic carbocycles. The second kappa shape index (κ2) is 8.79. The van der Waals surface area contributed by atoms with Crippen LogP contribution in [0.2, 0.25) is 0 Å². The SMILES string of the molecule is COc1ccnc(Nc2cc(C)cc(-c3cnc(C4(N=C(N)OC(N)=O)CCC4)s3)c2)n1. The molecule has 2 heterocycles. The first-order valence-electron chi connectivity index (χ1n) is 9.92. The zero-order valence-electron chi connectivity index (χ0n) is 17.7. The number of aryl methyl sites for hydroxylation is 1. The molecular formula is C21H23N7O3S. The summed E-state index contributed by atoms with van der Waals surface area (Å²) in [5.41, 5.74) is 13.1. The van der Waals surface area contributed by atoms with E-state index in [1.165, 1.54) is 11.3 Å². The van der Waals surface area contributed by atoms with E-state index in [2.05, 4.69) is 31.3 Å². The minimum atomic E-state index is -0.986. The molecule has 1 saturated carbocycles. The van der Waals surface area contributed by atoms with Crippen LogP contribution in [0.4, 0.5) is 16.4 Å². The van der Waals surface area contributed by atoms with Crippen molar-refractivity contribution in [2.75, 3.05) is 12.4 Å². The third kappa shape index (κ3) is 4.62. The van der Waals surface area contributed by atoms with E-state index in [4.69, 9.17) is 20.9 Å². The van der Waals surface area contributed by atoms with Crippen molar-refractivity contribution in [3.8, 4) is 16.3 Å². The van der Waals surface area contributed by atoms with Crippen LogP contribution in [0.1, 0.15) is 29.8 Å². The monoisotopic (exact) mass is 453 g/mol. The summed E-state index contributed by atoms with van der Waals surface area (Å²) < 4.78 is 9.87. The smallest absolute Gasteiger partial charge is 0.412 e. The van der Waals surface area contributed by atoms with Crippen LogP contribution in [0.5, 0.6) is 5.88 Å². The van der Waals surface area contributed by atoms with Gasteiger partial charge in [0, 0.05) is 24.1 Å². The molecule has 0 radical (unpaired) electrons. The molecule has 0 atom stereocenters. The minimum absolute atomic E-state index is 0.241. The Hall–Kier alpha value is -3.73. The number of amides is 1. The number of primary amides is 1. The van der Waals surface area contributed by atoms with Crippen molar-refractivity contribution in [3.05, 3.63) is 47.2 Å². The molecule has 4 rings (SSSR count). The first-order chi connectivity index (χ1) is 15.4. The van der Waals surface area contributed by atoms with Crippen LogP contribution in [0.15, 0.2) is 41.7 Å². The van der Waals surface area contributed by atoms with E-state index >= 15 is 0 Å². The fraction of sp³-hybridized carbons (Fsp3) is 0.286. The highest BCUT2D eigenvalue weighted by molar-refractivity contribution is 7.15. The van der Waals surface area contributed by atoms with Gasteiger partial charge in [-0.05, 0) is 49.4 Å². The average molecular weight is 454 g/mol. The van der Waals surface area contributed by atoms with E-state index in [0.717, 1.165) is 46.0 Å². The predicted molar refractivity (Wildman–Crippen MR) is 122 cm³/mol. The van der Waals surface area contributed by atoms with E-state index in [-0.39, 0.29) is 6.02 Å². The van der Waals surface area contributed by atoms with Crippen LogP contribution in [0.3, 0.4) is 0 Å². The van der Waals surface area contributed by atoms with Gasteiger partial charge in [0.1, 0.15) is 10.5 Å². The van der Waals surface area contributed by atoms with E-state index in [1.807, 2.05) is 25.3 Å². The quantitative estimate of drug-likeness (QED) is 0.379. The summed E-state index contributed by atoms with van der Waals surface area (Å²) in [6.45, 7) is 2.02. The standard InChI is InChI=1S/C21H23N7O3S/c1-12-8-13(10-14(9-12)26-20-24-7-4-16(27-20)30-2)15-11-25-17(32-15)21(5-3-6-21)28-18(22)31-19(23)29/h4,7-11H,3,5-6H2,1-2H3,(H2,22,28)(H2,23,29)(H,24,26,27). The zero-order chi connectivity index (χ0) is 22.7. The van der Waals surface area contributed by atoms with Crippen LogP contribution < -0.4 is 21.5 Å². The molecule has 0 bridgehead atoms. The summed E-state index contributed by atoms with van der Waals surface area (Å²) in [5.74, 6) is 0.923. The topological polar surface area (TPSA) is 151 Å². The predicted octanol–water partition coefficient (Wildman–Crippen LogP) is 3.45. The second-order valence-electron chi connectivity index (χ2n) is 7.42. The van der Waals surface area contributed by atoms with Crippen LogP contribution in [-0.4, -0.2) is 34.2 Å². The number of carbonyl (C=O) groups excluding carboxylic acids is 1. The summed E-state index contributed by atoms with van der Waals surface area (Å²) in [7, 11) is 1.56. The zero-order valence-corrected chi connectivity index (χ0v) is 18.5. The molecule has 2 aromatic heterocycles. The van der Waals surface area contributed by atoms with Gasteiger partial charge in [-0.3, -0.25) is 0 Å². The molecule has 3 aromatic rings. The maximum atomic E-state index is 11.0. The van der Waals surface area contributed by atoms with Crippen molar-refractivity contribution in [2.24, 2.45) is 16.5 Å². The third-order valence-electron chi connectivity index (χ3n) is 5.07. The summed E-state index contributed by atoms with van der Waals surface area (Å²) in [4.78, 5) is 29.5. The molecule has 166 valence electrons. The average Bonchev–Trinajstić information content (AvgIpc) is 3.20. The summed E-state index contributed by atoms with van der Waals surface area (Å²) in [6, 6.07) is 7.54. The molecule has 0 aliphatic heterocycles. The highest BCUT2D eigenvalue weighted by Gasteiger charge is 2.42. The number of methoxy groups -OCH3 is 1.